The number of carbonyl (C=O) groups is 1. The third-order valence-corrected chi connectivity index (χ3v) is 5.24. The number of hydrogen-bond donors (Lipinski definition) is 1. The van der Waals surface area contributed by atoms with Crippen molar-refractivity contribution in [2.75, 3.05) is 12.0 Å². The number of benzene rings is 1. The van der Waals surface area contributed by atoms with Crippen LogP contribution in [0.3, 0.4) is 0 Å². The van der Waals surface area contributed by atoms with Gasteiger partial charge in [0.1, 0.15) is 0 Å². The first-order chi connectivity index (χ1) is 13.8. The van der Waals surface area contributed by atoms with E-state index in [1.807, 2.05) is 82.2 Å². The number of nitrogens with zero attached hydrogens (tertiary/aromatic N) is 4. The van der Waals surface area contributed by atoms with Gasteiger partial charge in [0.05, 0.1) is 6.04 Å². The van der Waals surface area contributed by atoms with E-state index in [2.05, 4.69) is 21.8 Å². The minimum atomic E-state index is -0.207. The lowest BCUT2D eigenvalue weighted by Gasteiger charge is -2.17. The van der Waals surface area contributed by atoms with Gasteiger partial charge < -0.3 is 9.88 Å². The summed E-state index contributed by atoms with van der Waals surface area (Å²) in [5.74, 6) is 1.55. The molecule has 0 aliphatic rings. The second kappa shape index (κ2) is 8.31. The first-order valence-electron chi connectivity index (χ1n) is 9.09. The zero-order chi connectivity index (χ0) is 19.3. The lowest BCUT2D eigenvalue weighted by atomic mass is 10.1. The van der Waals surface area contributed by atoms with Crippen LogP contribution in [-0.2, 0) is 0 Å². The van der Waals surface area contributed by atoms with E-state index in [0.717, 1.165) is 29.3 Å². The standard InChI is InChI=1S/C21H21N5OS/c1-28-15-11-18(20-24-23-19-6-2-3-14-26(19)20)22-21(27)16-7-9-17(10-8-16)25-12-4-5-13-25/h2-10,12-14,18H,11,15H2,1H3,(H,22,27). The molecular formula is C21H21N5OS. The number of carbonyl (C=O) groups excluding carboxylic acids is 1. The summed E-state index contributed by atoms with van der Waals surface area (Å²) in [7, 11) is 0. The molecule has 0 bridgehead atoms. The van der Waals surface area contributed by atoms with Crippen LogP contribution < -0.4 is 5.32 Å². The summed E-state index contributed by atoms with van der Waals surface area (Å²) in [5, 5.41) is 11.7. The third-order valence-electron chi connectivity index (χ3n) is 4.60. The van der Waals surface area contributed by atoms with Gasteiger partial charge in [-0.05, 0) is 67.0 Å². The summed E-state index contributed by atoms with van der Waals surface area (Å²) < 4.78 is 3.94. The summed E-state index contributed by atoms with van der Waals surface area (Å²) in [6.07, 6.45) is 8.72. The molecule has 1 amide bonds. The second-order valence-corrected chi connectivity index (χ2v) is 7.42. The van der Waals surface area contributed by atoms with Crippen molar-refractivity contribution in [1.82, 2.24) is 24.5 Å². The Hall–Kier alpha value is -3.06. The highest BCUT2D eigenvalue weighted by Crippen LogP contribution is 2.19. The number of amides is 1. The Balaban J connectivity index is 1.55. The van der Waals surface area contributed by atoms with Crippen molar-refractivity contribution in [2.45, 2.75) is 12.5 Å². The summed E-state index contributed by atoms with van der Waals surface area (Å²) in [5.41, 5.74) is 2.42. The first-order valence-corrected chi connectivity index (χ1v) is 10.5. The van der Waals surface area contributed by atoms with E-state index in [4.69, 9.17) is 0 Å². The second-order valence-electron chi connectivity index (χ2n) is 6.43. The average molecular weight is 392 g/mol. The Morgan fingerprint density at radius 1 is 1.04 bits per heavy atom. The van der Waals surface area contributed by atoms with Crippen LogP contribution in [-0.4, -0.2) is 37.1 Å². The molecule has 6 nitrogen and oxygen atoms in total. The molecule has 0 fully saturated rings. The Kier molecular flexibility index (Phi) is 5.43. The molecule has 0 aliphatic heterocycles. The van der Waals surface area contributed by atoms with E-state index in [9.17, 15) is 4.79 Å². The van der Waals surface area contributed by atoms with E-state index >= 15 is 0 Å². The topological polar surface area (TPSA) is 64.2 Å². The van der Waals surface area contributed by atoms with Gasteiger partial charge in [0.15, 0.2) is 11.5 Å². The lowest BCUT2D eigenvalue weighted by molar-refractivity contribution is 0.0934. The Morgan fingerprint density at radius 3 is 2.54 bits per heavy atom. The molecule has 28 heavy (non-hydrogen) atoms. The van der Waals surface area contributed by atoms with Crippen LogP contribution in [0.5, 0.6) is 0 Å². The van der Waals surface area contributed by atoms with Crippen LogP contribution in [0.4, 0.5) is 0 Å². The van der Waals surface area contributed by atoms with Gasteiger partial charge in [0.2, 0.25) is 0 Å². The predicted molar refractivity (Wildman–Crippen MR) is 112 cm³/mol. The van der Waals surface area contributed by atoms with Crippen LogP contribution in [0.1, 0.15) is 28.6 Å². The Labute approximate surface area is 167 Å². The van der Waals surface area contributed by atoms with E-state index < -0.39 is 0 Å². The molecule has 0 saturated carbocycles. The SMILES string of the molecule is CSCCC(NC(=O)c1ccc(-n2cccc2)cc1)c1nnc2ccccn12. The van der Waals surface area contributed by atoms with Gasteiger partial charge in [-0.2, -0.15) is 11.8 Å². The lowest BCUT2D eigenvalue weighted by Crippen LogP contribution is -2.30. The number of nitrogens with one attached hydrogen (secondary N) is 1. The van der Waals surface area contributed by atoms with Gasteiger partial charge >= 0.3 is 0 Å². The molecule has 142 valence electrons. The van der Waals surface area contributed by atoms with Crippen molar-refractivity contribution in [3.63, 3.8) is 0 Å². The quantitative estimate of drug-likeness (QED) is 0.521. The Bertz CT molecular complexity index is 1060. The zero-order valence-electron chi connectivity index (χ0n) is 15.5. The van der Waals surface area contributed by atoms with Crippen LogP contribution in [0.25, 0.3) is 11.3 Å². The molecule has 0 spiro atoms. The molecule has 3 aromatic heterocycles. The van der Waals surface area contributed by atoms with E-state index in [1.165, 1.54) is 0 Å². The summed E-state index contributed by atoms with van der Waals surface area (Å²) in [6, 6.07) is 17.1. The van der Waals surface area contributed by atoms with Crippen LogP contribution in [0.15, 0.2) is 73.2 Å². The van der Waals surface area contributed by atoms with Gasteiger partial charge in [0.25, 0.3) is 5.91 Å². The molecule has 4 rings (SSSR count). The largest absolute Gasteiger partial charge is 0.342 e. The van der Waals surface area contributed by atoms with Crippen molar-refractivity contribution >= 4 is 23.3 Å². The van der Waals surface area contributed by atoms with Crippen molar-refractivity contribution < 1.29 is 4.79 Å². The third kappa shape index (κ3) is 3.80. The molecule has 1 unspecified atom stereocenters. The molecule has 0 aliphatic carbocycles. The monoisotopic (exact) mass is 391 g/mol. The number of pyridine rings is 1. The van der Waals surface area contributed by atoms with Gasteiger partial charge in [-0.25, -0.2) is 0 Å². The highest BCUT2D eigenvalue weighted by molar-refractivity contribution is 7.98. The fraction of sp³-hybridized carbons (Fsp3) is 0.190. The van der Waals surface area contributed by atoms with Crippen molar-refractivity contribution in [3.05, 3.63) is 84.6 Å². The molecule has 0 saturated heterocycles. The van der Waals surface area contributed by atoms with Crippen LogP contribution in [0.2, 0.25) is 0 Å². The van der Waals surface area contributed by atoms with Gasteiger partial charge in [-0.15, -0.1) is 10.2 Å². The highest BCUT2D eigenvalue weighted by Gasteiger charge is 2.20. The maximum Gasteiger partial charge on any atom is 0.251 e. The molecular weight excluding hydrogens is 370 g/mol. The number of hydrogen-bond acceptors (Lipinski definition) is 4. The predicted octanol–water partition coefficient (Wildman–Crippen LogP) is 3.74. The van der Waals surface area contributed by atoms with E-state index in [1.54, 1.807) is 11.8 Å². The fourth-order valence-electron chi connectivity index (χ4n) is 3.13. The minimum Gasteiger partial charge on any atom is -0.342 e. The maximum absolute atomic E-state index is 12.9. The van der Waals surface area contributed by atoms with Crippen molar-refractivity contribution in [2.24, 2.45) is 0 Å². The highest BCUT2D eigenvalue weighted by atomic mass is 32.2. The number of thioether (sulfide) groups is 1. The summed E-state index contributed by atoms with van der Waals surface area (Å²) >= 11 is 1.74. The number of fused-ring (bicyclic) bond motifs is 1. The van der Waals surface area contributed by atoms with Crippen LogP contribution in [0, 0.1) is 0 Å². The molecule has 1 N–H and O–H groups in total. The molecule has 4 aromatic rings. The van der Waals surface area contributed by atoms with Crippen LogP contribution >= 0.6 is 11.8 Å². The van der Waals surface area contributed by atoms with Gasteiger partial charge in [-0.3, -0.25) is 9.20 Å². The molecule has 7 heteroatoms. The Morgan fingerprint density at radius 2 is 1.79 bits per heavy atom. The maximum atomic E-state index is 12.9. The molecule has 0 radical (unpaired) electrons. The average Bonchev–Trinajstić information content (AvgIpc) is 3.41. The molecule has 3 heterocycles. The summed E-state index contributed by atoms with van der Waals surface area (Å²) in [4.78, 5) is 12.9. The van der Waals surface area contributed by atoms with Gasteiger partial charge in [0, 0.05) is 29.8 Å². The number of rotatable bonds is 7. The zero-order valence-corrected chi connectivity index (χ0v) is 16.3. The van der Waals surface area contributed by atoms with E-state index in [0.29, 0.717) is 5.56 Å². The minimum absolute atomic E-state index is 0.113. The molecule has 1 atom stereocenters. The number of aromatic nitrogens is 4. The van der Waals surface area contributed by atoms with E-state index in [-0.39, 0.29) is 11.9 Å². The first kappa shape index (κ1) is 18.3. The van der Waals surface area contributed by atoms with Gasteiger partial charge in [-0.1, -0.05) is 6.07 Å². The normalized spacial score (nSPS) is 12.2. The summed E-state index contributed by atoms with van der Waals surface area (Å²) in [6.45, 7) is 0. The van der Waals surface area contributed by atoms with Crippen molar-refractivity contribution in [3.8, 4) is 5.69 Å². The van der Waals surface area contributed by atoms with Crippen molar-refractivity contribution in [1.29, 1.82) is 0 Å². The smallest absolute Gasteiger partial charge is 0.251 e. The molecule has 1 aromatic carbocycles. The fourth-order valence-corrected chi connectivity index (χ4v) is 3.60.